The summed E-state index contributed by atoms with van der Waals surface area (Å²) in [6.45, 7) is 3.22. The molecule has 0 aliphatic carbocycles. The average Bonchev–Trinajstić information content (AvgIpc) is 3.19. The standard InChI is InChI=1S/C22H20N6O/c1-15-11-12-28(25-15)17-9-7-16(8-10-17)22(29)27-14-13-26(2)20-21(27)24-19-6-4-3-5-18(19)23-20/h3-12H,13-14H2,1-2H3. The van der Waals surface area contributed by atoms with E-state index >= 15 is 0 Å². The van der Waals surface area contributed by atoms with Crippen LogP contribution in [0.5, 0.6) is 0 Å². The minimum absolute atomic E-state index is 0.0767. The predicted molar refractivity (Wildman–Crippen MR) is 113 cm³/mol. The zero-order valence-corrected chi connectivity index (χ0v) is 16.3. The van der Waals surface area contributed by atoms with Gasteiger partial charge >= 0.3 is 0 Å². The van der Waals surface area contributed by atoms with Gasteiger partial charge in [0.25, 0.3) is 5.91 Å². The smallest absolute Gasteiger partial charge is 0.259 e. The summed E-state index contributed by atoms with van der Waals surface area (Å²) in [6.07, 6.45) is 1.91. The lowest BCUT2D eigenvalue weighted by molar-refractivity contribution is 0.0986. The number of amides is 1. The molecular formula is C22H20N6O. The second-order valence-corrected chi connectivity index (χ2v) is 7.19. The van der Waals surface area contributed by atoms with Crippen molar-refractivity contribution in [1.29, 1.82) is 0 Å². The second-order valence-electron chi connectivity index (χ2n) is 7.19. The molecule has 0 saturated carbocycles. The van der Waals surface area contributed by atoms with E-state index in [1.54, 1.807) is 9.58 Å². The predicted octanol–water partition coefficient (Wildman–Crippen LogP) is 3.22. The third-order valence-electron chi connectivity index (χ3n) is 5.16. The van der Waals surface area contributed by atoms with E-state index in [9.17, 15) is 4.79 Å². The third kappa shape index (κ3) is 3.00. The first kappa shape index (κ1) is 17.4. The van der Waals surface area contributed by atoms with Gasteiger partial charge in [-0.25, -0.2) is 14.6 Å². The summed E-state index contributed by atoms with van der Waals surface area (Å²) in [6, 6.07) is 17.2. The van der Waals surface area contributed by atoms with Crippen LogP contribution in [-0.2, 0) is 0 Å². The summed E-state index contributed by atoms with van der Waals surface area (Å²) in [7, 11) is 1.98. The highest BCUT2D eigenvalue weighted by atomic mass is 16.2. The molecule has 1 aliphatic heterocycles. The molecule has 0 radical (unpaired) electrons. The van der Waals surface area contributed by atoms with Crippen molar-refractivity contribution in [1.82, 2.24) is 19.7 Å². The lowest BCUT2D eigenvalue weighted by Crippen LogP contribution is -2.43. The zero-order chi connectivity index (χ0) is 20.0. The Morgan fingerprint density at radius 3 is 2.24 bits per heavy atom. The summed E-state index contributed by atoms with van der Waals surface area (Å²) < 4.78 is 1.80. The summed E-state index contributed by atoms with van der Waals surface area (Å²) in [5.74, 6) is 1.26. The van der Waals surface area contributed by atoms with Crippen LogP contribution in [0.25, 0.3) is 16.7 Å². The molecule has 2 aromatic carbocycles. The molecule has 144 valence electrons. The van der Waals surface area contributed by atoms with Gasteiger partial charge in [-0.3, -0.25) is 9.69 Å². The van der Waals surface area contributed by atoms with Gasteiger partial charge in [0.15, 0.2) is 11.6 Å². The molecule has 0 spiro atoms. The first-order valence-corrected chi connectivity index (χ1v) is 9.53. The molecule has 7 heteroatoms. The molecule has 1 aliphatic rings. The number of benzene rings is 2. The molecule has 0 saturated heterocycles. The molecule has 3 heterocycles. The second kappa shape index (κ2) is 6.70. The van der Waals surface area contributed by atoms with Gasteiger partial charge in [-0.15, -0.1) is 0 Å². The normalized spacial score (nSPS) is 13.6. The Morgan fingerprint density at radius 1 is 0.897 bits per heavy atom. The van der Waals surface area contributed by atoms with Gasteiger partial charge in [-0.1, -0.05) is 12.1 Å². The highest BCUT2D eigenvalue weighted by Gasteiger charge is 2.29. The van der Waals surface area contributed by atoms with Gasteiger partial charge in [0, 0.05) is 31.9 Å². The van der Waals surface area contributed by atoms with E-state index in [2.05, 4.69) is 5.10 Å². The lowest BCUT2D eigenvalue weighted by atomic mass is 10.1. The Balaban J connectivity index is 1.50. The summed E-state index contributed by atoms with van der Waals surface area (Å²) in [4.78, 5) is 26.5. The van der Waals surface area contributed by atoms with Gasteiger partial charge < -0.3 is 4.90 Å². The maximum atomic E-state index is 13.3. The van der Waals surface area contributed by atoms with Crippen molar-refractivity contribution in [2.75, 3.05) is 29.9 Å². The van der Waals surface area contributed by atoms with Crippen LogP contribution in [-0.4, -0.2) is 45.8 Å². The molecule has 5 rings (SSSR count). The van der Waals surface area contributed by atoms with Crippen LogP contribution in [0, 0.1) is 6.92 Å². The molecule has 0 bridgehead atoms. The molecule has 0 unspecified atom stereocenters. The van der Waals surface area contributed by atoms with Crippen LogP contribution in [0.4, 0.5) is 11.6 Å². The zero-order valence-electron chi connectivity index (χ0n) is 16.3. The van der Waals surface area contributed by atoms with Crippen molar-refractivity contribution in [3.05, 3.63) is 72.1 Å². The number of aromatic nitrogens is 4. The first-order chi connectivity index (χ1) is 14.1. The maximum absolute atomic E-state index is 13.3. The van der Waals surface area contributed by atoms with Crippen LogP contribution in [0.3, 0.4) is 0 Å². The summed E-state index contributed by atoms with van der Waals surface area (Å²) >= 11 is 0. The van der Waals surface area contributed by atoms with E-state index in [-0.39, 0.29) is 5.91 Å². The van der Waals surface area contributed by atoms with E-state index in [0.717, 1.165) is 28.2 Å². The van der Waals surface area contributed by atoms with Crippen LogP contribution >= 0.6 is 0 Å². The number of aryl methyl sites for hydroxylation is 1. The minimum atomic E-state index is -0.0767. The van der Waals surface area contributed by atoms with Crippen LogP contribution in [0.2, 0.25) is 0 Å². The number of hydrogen-bond acceptors (Lipinski definition) is 5. The SMILES string of the molecule is Cc1ccn(-c2ccc(C(=O)N3CCN(C)c4nc5ccccc5nc43)cc2)n1. The Hall–Kier alpha value is -3.74. The Kier molecular flexibility index (Phi) is 4.01. The number of carbonyl (C=O) groups excluding carboxylic acids is 1. The van der Waals surface area contributed by atoms with E-state index in [1.165, 1.54) is 0 Å². The number of anilines is 2. The minimum Gasteiger partial charge on any atom is -0.355 e. The Bertz CT molecular complexity index is 1210. The van der Waals surface area contributed by atoms with E-state index in [4.69, 9.17) is 9.97 Å². The van der Waals surface area contributed by atoms with E-state index in [0.29, 0.717) is 24.5 Å². The fourth-order valence-corrected chi connectivity index (χ4v) is 3.55. The molecule has 2 aromatic heterocycles. The number of hydrogen-bond donors (Lipinski definition) is 0. The van der Waals surface area contributed by atoms with Crippen LogP contribution in [0.1, 0.15) is 16.1 Å². The molecule has 0 atom stereocenters. The topological polar surface area (TPSA) is 67.2 Å². The molecule has 1 amide bonds. The van der Waals surface area contributed by atoms with Crippen LogP contribution in [0.15, 0.2) is 60.8 Å². The van der Waals surface area contributed by atoms with Crippen LogP contribution < -0.4 is 9.80 Å². The largest absolute Gasteiger partial charge is 0.355 e. The van der Waals surface area contributed by atoms with Crippen molar-refractivity contribution in [3.63, 3.8) is 0 Å². The molecule has 7 nitrogen and oxygen atoms in total. The number of carbonyl (C=O) groups is 1. The quantitative estimate of drug-likeness (QED) is 0.531. The molecule has 4 aromatic rings. The van der Waals surface area contributed by atoms with Gasteiger partial charge in [-0.2, -0.15) is 5.10 Å². The monoisotopic (exact) mass is 384 g/mol. The summed E-state index contributed by atoms with van der Waals surface area (Å²) in [5, 5.41) is 4.41. The van der Waals surface area contributed by atoms with Crippen molar-refractivity contribution < 1.29 is 4.79 Å². The van der Waals surface area contributed by atoms with Gasteiger partial charge in [-0.05, 0) is 49.4 Å². The molecule has 0 N–H and O–H groups in total. The Morgan fingerprint density at radius 2 is 1.59 bits per heavy atom. The van der Waals surface area contributed by atoms with Gasteiger partial charge in [0.1, 0.15) is 0 Å². The van der Waals surface area contributed by atoms with Crippen molar-refractivity contribution in [2.24, 2.45) is 0 Å². The Labute approximate surface area is 168 Å². The first-order valence-electron chi connectivity index (χ1n) is 9.53. The fraction of sp³-hybridized carbons (Fsp3) is 0.182. The number of rotatable bonds is 2. The van der Waals surface area contributed by atoms with Crippen molar-refractivity contribution in [2.45, 2.75) is 6.92 Å². The van der Waals surface area contributed by atoms with E-state index < -0.39 is 0 Å². The average molecular weight is 384 g/mol. The number of fused-ring (bicyclic) bond motifs is 2. The number of likely N-dealkylation sites (N-methyl/N-ethyl adjacent to an activating group) is 1. The highest BCUT2D eigenvalue weighted by Crippen LogP contribution is 2.31. The molecule has 29 heavy (non-hydrogen) atoms. The summed E-state index contributed by atoms with van der Waals surface area (Å²) in [5.41, 5.74) is 4.09. The van der Waals surface area contributed by atoms with Crippen molar-refractivity contribution in [3.8, 4) is 5.69 Å². The third-order valence-corrected chi connectivity index (χ3v) is 5.16. The molecular weight excluding hydrogens is 364 g/mol. The maximum Gasteiger partial charge on any atom is 0.259 e. The molecule has 0 fully saturated rings. The van der Waals surface area contributed by atoms with Gasteiger partial charge in [0.2, 0.25) is 0 Å². The van der Waals surface area contributed by atoms with Gasteiger partial charge in [0.05, 0.1) is 22.4 Å². The number of para-hydroxylation sites is 2. The highest BCUT2D eigenvalue weighted by molar-refractivity contribution is 6.08. The van der Waals surface area contributed by atoms with Crippen molar-refractivity contribution >= 4 is 28.6 Å². The lowest BCUT2D eigenvalue weighted by Gasteiger charge is -2.33. The number of nitrogens with zero attached hydrogens (tertiary/aromatic N) is 6. The fourth-order valence-electron chi connectivity index (χ4n) is 3.55. The van der Waals surface area contributed by atoms with E-state index in [1.807, 2.05) is 79.7 Å².